The van der Waals surface area contributed by atoms with Crippen molar-refractivity contribution in [3.8, 4) is 0 Å². The molecule has 0 atom stereocenters. The van der Waals surface area contributed by atoms with Crippen LogP contribution in [0.25, 0.3) is 0 Å². The Kier molecular flexibility index (Phi) is 5.66. The zero-order valence-electron chi connectivity index (χ0n) is 8.61. The molecule has 0 fully saturated rings. The van der Waals surface area contributed by atoms with E-state index < -0.39 is 16.2 Å². The molecule has 84 valence electrons. The fourth-order valence-corrected chi connectivity index (χ4v) is 1.40. The topological polar surface area (TPSA) is 75.7 Å². The summed E-state index contributed by atoms with van der Waals surface area (Å²) in [6.45, 7) is 2.12. The zero-order chi connectivity index (χ0) is 11.2. The summed E-state index contributed by atoms with van der Waals surface area (Å²) < 4.78 is 30.1. The number of esters is 1. The SMILES string of the molecule is CCOC(=O)CCN(C)S(=O)(=O)NC. The summed E-state index contributed by atoms with van der Waals surface area (Å²) in [4.78, 5) is 10.9. The van der Waals surface area contributed by atoms with Gasteiger partial charge in [-0.3, -0.25) is 4.79 Å². The molecular weight excluding hydrogens is 208 g/mol. The number of nitrogens with one attached hydrogen (secondary N) is 1. The maximum absolute atomic E-state index is 11.1. The third kappa shape index (κ3) is 4.54. The lowest BCUT2D eigenvalue weighted by Gasteiger charge is -2.14. The van der Waals surface area contributed by atoms with E-state index in [1.54, 1.807) is 6.92 Å². The van der Waals surface area contributed by atoms with Crippen LogP contribution in [0.4, 0.5) is 0 Å². The fraction of sp³-hybridized carbons (Fsp3) is 0.857. The van der Waals surface area contributed by atoms with Gasteiger partial charge in [-0.1, -0.05) is 0 Å². The summed E-state index contributed by atoms with van der Waals surface area (Å²) in [5, 5.41) is 0. The van der Waals surface area contributed by atoms with E-state index in [2.05, 4.69) is 9.46 Å². The molecule has 0 aromatic heterocycles. The van der Waals surface area contributed by atoms with Crippen LogP contribution in [0, 0.1) is 0 Å². The lowest BCUT2D eigenvalue weighted by atomic mass is 10.4. The number of carbonyl (C=O) groups excluding carboxylic acids is 1. The Morgan fingerprint density at radius 3 is 2.50 bits per heavy atom. The van der Waals surface area contributed by atoms with Gasteiger partial charge in [-0.2, -0.15) is 12.7 Å². The molecule has 0 heterocycles. The van der Waals surface area contributed by atoms with E-state index in [0.29, 0.717) is 6.61 Å². The van der Waals surface area contributed by atoms with Crippen molar-refractivity contribution in [2.75, 3.05) is 27.2 Å². The fourth-order valence-electron chi connectivity index (χ4n) is 0.758. The molecule has 14 heavy (non-hydrogen) atoms. The molecule has 6 nitrogen and oxygen atoms in total. The van der Waals surface area contributed by atoms with E-state index in [0.717, 1.165) is 4.31 Å². The van der Waals surface area contributed by atoms with Crippen molar-refractivity contribution in [1.29, 1.82) is 0 Å². The Hall–Kier alpha value is -0.660. The molecule has 0 unspecified atom stereocenters. The van der Waals surface area contributed by atoms with Gasteiger partial charge >= 0.3 is 5.97 Å². The maximum Gasteiger partial charge on any atom is 0.307 e. The second kappa shape index (κ2) is 5.94. The minimum absolute atomic E-state index is 0.0608. The monoisotopic (exact) mass is 224 g/mol. The zero-order valence-corrected chi connectivity index (χ0v) is 9.43. The van der Waals surface area contributed by atoms with E-state index >= 15 is 0 Å². The van der Waals surface area contributed by atoms with Gasteiger partial charge in [0.15, 0.2) is 0 Å². The first-order valence-corrected chi connectivity index (χ1v) is 5.68. The molecule has 0 saturated carbocycles. The molecule has 0 bridgehead atoms. The number of hydrogen-bond acceptors (Lipinski definition) is 4. The van der Waals surface area contributed by atoms with Crippen LogP contribution in [-0.4, -0.2) is 45.9 Å². The van der Waals surface area contributed by atoms with Crippen LogP contribution in [0.15, 0.2) is 0 Å². The average Bonchev–Trinajstić information content (AvgIpc) is 2.14. The predicted molar refractivity (Wildman–Crippen MR) is 51.9 cm³/mol. The number of rotatable bonds is 6. The number of nitrogens with zero attached hydrogens (tertiary/aromatic N) is 1. The van der Waals surface area contributed by atoms with Gasteiger partial charge in [0.2, 0.25) is 0 Å². The minimum atomic E-state index is -3.43. The second-order valence-electron chi connectivity index (χ2n) is 2.59. The minimum Gasteiger partial charge on any atom is -0.466 e. The number of hydrogen-bond donors (Lipinski definition) is 1. The van der Waals surface area contributed by atoms with Gasteiger partial charge in [0, 0.05) is 20.6 Å². The van der Waals surface area contributed by atoms with Gasteiger partial charge < -0.3 is 4.74 Å². The lowest BCUT2D eigenvalue weighted by molar-refractivity contribution is -0.143. The maximum atomic E-state index is 11.1. The van der Waals surface area contributed by atoms with Crippen molar-refractivity contribution < 1.29 is 17.9 Å². The van der Waals surface area contributed by atoms with Crippen molar-refractivity contribution in [2.24, 2.45) is 0 Å². The summed E-state index contributed by atoms with van der Waals surface area (Å²) in [7, 11) is -0.724. The highest BCUT2D eigenvalue weighted by atomic mass is 32.2. The van der Waals surface area contributed by atoms with Gasteiger partial charge in [0.1, 0.15) is 0 Å². The van der Waals surface area contributed by atoms with Crippen LogP contribution < -0.4 is 4.72 Å². The standard InChI is InChI=1S/C7H16N2O4S/c1-4-13-7(10)5-6-9(3)14(11,12)8-2/h8H,4-6H2,1-3H3. The summed E-state index contributed by atoms with van der Waals surface area (Å²) in [6, 6.07) is 0. The van der Waals surface area contributed by atoms with Gasteiger partial charge in [-0.15, -0.1) is 0 Å². The van der Waals surface area contributed by atoms with Crippen LogP contribution in [-0.2, 0) is 19.7 Å². The van der Waals surface area contributed by atoms with E-state index in [4.69, 9.17) is 0 Å². The predicted octanol–water partition coefficient (Wildman–Crippen LogP) is -0.664. The lowest BCUT2D eigenvalue weighted by Crippen LogP contribution is -2.37. The quantitative estimate of drug-likeness (QED) is 0.607. The first-order chi connectivity index (χ1) is 6.44. The number of carbonyl (C=O) groups is 1. The largest absolute Gasteiger partial charge is 0.466 e. The van der Waals surface area contributed by atoms with Gasteiger partial charge in [0.25, 0.3) is 10.2 Å². The molecule has 0 amide bonds. The normalized spacial score (nSPS) is 11.7. The molecule has 0 aliphatic carbocycles. The van der Waals surface area contributed by atoms with Crippen molar-refractivity contribution >= 4 is 16.2 Å². The molecule has 0 aliphatic heterocycles. The molecule has 7 heteroatoms. The van der Waals surface area contributed by atoms with Crippen molar-refractivity contribution in [3.63, 3.8) is 0 Å². The molecular formula is C7H16N2O4S. The molecule has 0 saturated heterocycles. The van der Waals surface area contributed by atoms with Crippen molar-refractivity contribution in [3.05, 3.63) is 0 Å². The Bertz CT molecular complexity index is 275. The van der Waals surface area contributed by atoms with Crippen LogP contribution in [0.3, 0.4) is 0 Å². The third-order valence-electron chi connectivity index (χ3n) is 1.60. The first kappa shape index (κ1) is 13.3. The Morgan fingerprint density at radius 1 is 1.50 bits per heavy atom. The summed E-state index contributed by atoms with van der Waals surface area (Å²) >= 11 is 0. The molecule has 0 aliphatic rings. The van der Waals surface area contributed by atoms with E-state index in [9.17, 15) is 13.2 Å². The highest BCUT2D eigenvalue weighted by Crippen LogP contribution is 1.96. The molecule has 1 N–H and O–H groups in total. The Morgan fingerprint density at radius 2 is 2.07 bits per heavy atom. The molecule has 0 rings (SSSR count). The highest BCUT2D eigenvalue weighted by molar-refractivity contribution is 7.87. The molecule has 0 aromatic carbocycles. The first-order valence-electron chi connectivity index (χ1n) is 4.24. The van der Waals surface area contributed by atoms with E-state index in [1.807, 2.05) is 0 Å². The van der Waals surface area contributed by atoms with Crippen molar-refractivity contribution in [1.82, 2.24) is 9.03 Å². The van der Waals surface area contributed by atoms with Gasteiger partial charge in [-0.05, 0) is 6.92 Å². The molecule has 0 spiro atoms. The molecule has 0 radical (unpaired) electrons. The summed E-state index contributed by atoms with van der Waals surface area (Å²) in [6.07, 6.45) is 0.0608. The Labute approximate surface area is 84.4 Å². The Balaban J connectivity index is 3.97. The van der Waals surface area contributed by atoms with Gasteiger partial charge in [0.05, 0.1) is 13.0 Å². The molecule has 0 aromatic rings. The smallest absolute Gasteiger partial charge is 0.307 e. The van der Waals surface area contributed by atoms with E-state index in [-0.39, 0.29) is 13.0 Å². The average molecular weight is 224 g/mol. The van der Waals surface area contributed by atoms with Crippen LogP contribution in [0.1, 0.15) is 13.3 Å². The van der Waals surface area contributed by atoms with Gasteiger partial charge in [-0.25, -0.2) is 4.72 Å². The highest BCUT2D eigenvalue weighted by Gasteiger charge is 2.15. The third-order valence-corrected chi connectivity index (χ3v) is 3.12. The van der Waals surface area contributed by atoms with Crippen LogP contribution in [0.2, 0.25) is 0 Å². The second-order valence-corrected chi connectivity index (χ2v) is 4.57. The van der Waals surface area contributed by atoms with E-state index in [1.165, 1.54) is 14.1 Å². The summed E-state index contributed by atoms with van der Waals surface area (Å²) in [5.74, 6) is -0.398. The summed E-state index contributed by atoms with van der Waals surface area (Å²) in [5.41, 5.74) is 0. The van der Waals surface area contributed by atoms with Crippen molar-refractivity contribution in [2.45, 2.75) is 13.3 Å². The van der Waals surface area contributed by atoms with Crippen LogP contribution >= 0.6 is 0 Å². The number of ether oxygens (including phenoxy) is 1. The van der Waals surface area contributed by atoms with Crippen LogP contribution in [0.5, 0.6) is 0 Å².